The van der Waals surface area contributed by atoms with Crippen LogP contribution in [-0.4, -0.2) is 38.4 Å². The Bertz CT molecular complexity index is 1790. The van der Waals surface area contributed by atoms with E-state index in [1.807, 2.05) is 43.3 Å². The summed E-state index contributed by atoms with van der Waals surface area (Å²) in [4.78, 5) is 0. The Morgan fingerprint density at radius 1 is 0.698 bits per heavy atom. The van der Waals surface area contributed by atoms with E-state index in [1.165, 1.54) is 5.56 Å². The zero-order valence-corrected chi connectivity index (χ0v) is 26.3. The molecule has 0 radical (unpaired) electrons. The molecule has 1 aliphatic heterocycles. The van der Waals surface area contributed by atoms with Crippen LogP contribution < -0.4 is 14.2 Å². The fourth-order valence-electron chi connectivity index (χ4n) is 5.18. The minimum absolute atomic E-state index is 0.0930. The normalized spacial score (nSPS) is 12.6. The van der Waals surface area contributed by atoms with Gasteiger partial charge in [-0.3, -0.25) is 0 Å². The first kappa shape index (κ1) is 29.1. The van der Waals surface area contributed by atoms with E-state index in [1.54, 1.807) is 0 Å². The van der Waals surface area contributed by atoms with E-state index in [-0.39, 0.29) is 12.9 Å². The van der Waals surface area contributed by atoms with Gasteiger partial charge in [0.25, 0.3) is 0 Å². The van der Waals surface area contributed by atoms with Crippen LogP contribution in [0, 0.1) is 30.6 Å². The van der Waals surface area contributed by atoms with Crippen LogP contribution in [-0.2, 0) is 4.74 Å². The molecule has 0 amide bonds. The molecule has 5 aromatic carbocycles. The van der Waals surface area contributed by atoms with Gasteiger partial charge in [-0.05, 0) is 77.0 Å². The summed E-state index contributed by atoms with van der Waals surface area (Å²) >= 11 is 0. The van der Waals surface area contributed by atoms with Crippen LogP contribution in [0.25, 0.3) is 32.7 Å². The molecule has 4 nitrogen and oxygen atoms in total. The SMILES string of the molecule is Cc1ccc(OCOC2COc3ccc4cc(C#CCP)ccc4c3-c3c(ccc4cc(C#CCP)ccc34)OC2)cc1. The third-order valence-corrected chi connectivity index (χ3v) is 7.69. The maximum atomic E-state index is 6.51. The van der Waals surface area contributed by atoms with Crippen LogP contribution in [0.15, 0.2) is 84.9 Å². The maximum absolute atomic E-state index is 6.51. The van der Waals surface area contributed by atoms with E-state index in [9.17, 15) is 0 Å². The van der Waals surface area contributed by atoms with Crippen LogP contribution in [0.3, 0.4) is 0 Å². The Morgan fingerprint density at radius 2 is 1.23 bits per heavy atom. The molecule has 0 aliphatic carbocycles. The van der Waals surface area contributed by atoms with Gasteiger partial charge in [0.15, 0.2) is 6.79 Å². The van der Waals surface area contributed by atoms with Crippen molar-refractivity contribution in [2.45, 2.75) is 13.0 Å². The van der Waals surface area contributed by atoms with E-state index in [4.69, 9.17) is 18.9 Å². The maximum Gasteiger partial charge on any atom is 0.189 e. The highest BCUT2D eigenvalue weighted by molar-refractivity contribution is 7.17. The molecule has 2 atom stereocenters. The molecule has 6 heteroatoms. The molecule has 6 rings (SSSR count). The lowest BCUT2D eigenvalue weighted by atomic mass is 9.91. The summed E-state index contributed by atoms with van der Waals surface area (Å²) in [6.07, 6.45) is 1.12. The highest BCUT2D eigenvalue weighted by Crippen LogP contribution is 2.46. The molecule has 0 N–H and O–H groups in total. The molecule has 0 bridgehead atoms. The number of benzene rings is 5. The summed E-state index contributed by atoms with van der Waals surface area (Å²) in [7, 11) is 5.30. The second kappa shape index (κ2) is 13.5. The van der Waals surface area contributed by atoms with Crippen molar-refractivity contribution in [2.75, 3.05) is 32.3 Å². The third-order valence-electron chi connectivity index (χ3n) is 7.28. The van der Waals surface area contributed by atoms with Crippen molar-refractivity contribution in [3.8, 4) is 52.1 Å². The Balaban J connectivity index is 1.42. The molecular formula is C37H32O4P2. The highest BCUT2D eigenvalue weighted by Gasteiger charge is 2.24. The monoisotopic (exact) mass is 602 g/mol. The van der Waals surface area contributed by atoms with Crippen LogP contribution in [0.2, 0.25) is 0 Å². The number of hydrogen-bond donors (Lipinski definition) is 0. The van der Waals surface area contributed by atoms with Crippen LogP contribution in [0.5, 0.6) is 17.2 Å². The molecule has 0 spiro atoms. The molecule has 1 heterocycles. The van der Waals surface area contributed by atoms with E-state index in [0.29, 0.717) is 13.2 Å². The van der Waals surface area contributed by atoms with Crippen LogP contribution in [0.4, 0.5) is 0 Å². The first-order valence-electron chi connectivity index (χ1n) is 14.2. The minimum atomic E-state index is -0.343. The van der Waals surface area contributed by atoms with Crippen molar-refractivity contribution >= 4 is 40.0 Å². The van der Waals surface area contributed by atoms with Gasteiger partial charge in [-0.25, -0.2) is 0 Å². The lowest BCUT2D eigenvalue weighted by Crippen LogP contribution is -2.30. The predicted octanol–water partition coefficient (Wildman–Crippen LogP) is 7.61. The Labute approximate surface area is 257 Å². The fraction of sp³-hybridized carbons (Fsp3) is 0.189. The van der Waals surface area contributed by atoms with Gasteiger partial charge in [-0.1, -0.05) is 65.6 Å². The first-order chi connectivity index (χ1) is 21.1. The van der Waals surface area contributed by atoms with Crippen molar-refractivity contribution in [1.82, 2.24) is 0 Å². The first-order valence-corrected chi connectivity index (χ1v) is 15.8. The number of ether oxygens (including phenoxy) is 4. The molecule has 1 aliphatic rings. The quantitative estimate of drug-likeness (QED) is 0.121. The number of fused-ring (bicyclic) bond motifs is 7. The molecule has 0 aromatic heterocycles. The second-order valence-electron chi connectivity index (χ2n) is 10.2. The fourth-order valence-corrected chi connectivity index (χ4v) is 5.38. The predicted molar refractivity (Wildman–Crippen MR) is 182 cm³/mol. The molecule has 214 valence electrons. The van der Waals surface area contributed by atoms with Gasteiger partial charge in [-0.2, -0.15) is 0 Å². The van der Waals surface area contributed by atoms with Crippen molar-refractivity contribution in [3.63, 3.8) is 0 Å². The number of rotatable bonds is 4. The van der Waals surface area contributed by atoms with Gasteiger partial charge < -0.3 is 18.9 Å². The zero-order valence-electron chi connectivity index (χ0n) is 24.0. The van der Waals surface area contributed by atoms with Crippen LogP contribution >= 0.6 is 18.5 Å². The molecule has 0 fully saturated rings. The van der Waals surface area contributed by atoms with Crippen molar-refractivity contribution < 1.29 is 18.9 Å². The summed E-state index contributed by atoms with van der Waals surface area (Å²) < 4.78 is 25.0. The van der Waals surface area contributed by atoms with Crippen LogP contribution in [0.1, 0.15) is 16.7 Å². The summed E-state index contributed by atoms with van der Waals surface area (Å²) in [5.41, 5.74) is 5.12. The third kappa shape index (κ3) is 6.64. The highest BCUT2D eigenvalue weighted by atomic mass is 31.0. The van der Waals surface area contributed by atoms with Crippen molar-refractivity contribution in [3.05, 3.63) is 102 Å². The van der Waals surface area contributed by atoms with Gasteiger partial charge in [0.2, 0.25) is 0 Å². The zero-order chi connectivity index (χ0) is 29.6. The van der Waals surface area contributed by atoms with Crippen molar-refractivity contribution in [1.29, 1.82) is 0 Å². The Morgan fingerprint density at radius 3 is 1.74 bits per heavy atom. The minimum Gasteiger partial charge on any atom is -0.490 e. The largest absolute Gasteiger partial charge is 0.490 e. The standard InChI is InChI=1S/C37H32O4P2/c1-25-6-12-30(13-7-25)40-24-41-31-22-38-34-16-10-28-20-26(4-2-18-42)8-14-32(28)36(34)37-33-15-9-27(5-3-19-43)21-29(33)11-17-35(37)39-23-31/h6-17,20-21,31H,18-19,22-24,42-43H2,1H3. The Kier molecular flexibility index (Phi) is 9.13. The lowest BCUT2D eigenvalue weighted by Gasteiger charge is -2.18. The average Bonchev–Trinajstić information content (AvgIpc) is 3.11. The summed E-state index contributed by atoms with van der Waals surface area (Å²) in [6, 6.07) is 28.8. The number of aryl methyl sites for hydroxylation is 1. The second-order valence-corrected chi connectivity index (χ2v) is 11.1. The van der Waals surface area contributed by atoms with E-state index < -0.39 is 0 Å². The number of hydrogen-bond acceptors (Lipinski definition) is 4. The molecule has 43 heavy (non-hydrogen) atoms. The van der Waals surface area contributed by atoms with Gasteiger partial charge in [0.05, 0.1) is 0 Å². The van der Waals surface area contributed by atoms with Gasteiger partial charge >= 0.3 is 0 Å². The summed E-state index contributed by atoms with van der Waals surface area (Å²) in [5.74, 6) is 15.1. The van der Waals surface area contributed by atoms with Gasteiger partial charge in [-0.15, -0.1) is 18.5 Å². The molecular weight excluding hydrogens is 570 g/mol. The average molecular weight is 603 g/mol. The molecule has 0 saturated carbocycles. The molecule has 5 aromatic rings. The summed E-state index contributed by atoms with van der Waals surface area (Å²) in [5, 5.41) is 4.31. The smallest absolute Gasteiger partial charge is 0.189 e. The van der Waals surface area contributed by atoms with Gasteiger partial charge in [0.1, 0.15) is 36.6 Å². The molecule has 2 unspecified atom stereocenters. The molecule has 0 saturated heterocycles. The van der Waals surface area contributed by atoms with E-state index in [0.717, 1.165) is 73.4 Å². The van der Waals surface area contributed by atoms with Gasteiger partial charge in [0, 0.05) is 34.6 Å². The topological polar surface area (TPSA) is 36.9 Å². The summed E-state index contributed by atoms with van der Waals surface area (Å²) in [6.45, 7) is 2.77. The van der Waals surface area contributed by atoms with Crippen molar-refractivity contribution in [2.24, 2.45) is 0 Å². The van der Waals surface area contributed by atoms with E-state index in [2.05, 4.69) is 90.7 Å². The Hall–Kier alpha value is -4.04. The van der Waals surface area contributed by atoms with E-state index >= 15 is 0 Å². The lowest BCUT2D eigenvalue weighted by molar-refractivity contribution is -0.0679.